The van der Waals surface area contributed by atoms with Crippen LogP contribution in [-0.2, 0) is 9.59 Å². The fraction of sp³-hybridized carbons (Fsp3) is 0.722. The molecule has 3 aliphatic rings. The predicted molar refractivity (Wildman–Crippen MR) is 92.7 cm³/mol. The van der Waals surface area contributed by atoms with E-state index in [1.165, 1.54) is 17.8 Å². The van der Waals surface area contributed by atoms with E-state index in [1.54, 1.807) is 11.3 Å². The van der Waals surface area contributed by atoms with Gasteiger partial charge in [-0.1, -0.05) is 0 Å². The molecule has 0 bridgehead atoms. The third-order valence-electron chi connectivity index (χ3n) is 5.30. The highest BCUT2D eigenvalue weighted by atomic mass is 32.1. The van der Waals surface area contributed by atoms with Crippen LogP contribution >= 0.6 is 11.3 Å². The normalized spacial score (nSPS) is 25.4. The summed E-state index contributed by atoms with van der Waals surface area (Å²) in [7, 11) is 0. The van der Waals surface area contributed by atoms with Crippen LogP contribution in [0.3, 0.4) is 0 Å². The molecule has 0 aromatic carbocycles. The van der Waals surface area contributed by atoms with E-state index in [4.69, 9.17) is 0 Å². The van der Waals surface area contributed by atoms with Crippen molar-refractivity contribution in [3.8, 4) is 0 Å². The fourth-order valence-corrected chi connectivity index (χ4v) is 4.49. The first-order chi connectivity index (χ1) is 11.6. The molecular formula is C18H25N3O2S. The molecule has 1 aromatic rings. The molecule has 130 valence electrons. The lowest BCUT2D eigenvalue weighted by Gasteiger charge is -2.32. The van der Waals surface area contributed by atoms with Gasteiger partial charge in [-0.15, -0.1) is 11.3 Å². The van der Waals surface area contributed by atoms with Crippen molar-refractivity contribution >= 4 is 23.2 Å². The number of likely N-dealkylation sites (tertiary alicyclic amines) is 1. The van der Waals surface area contributed by atoms with Crippen LogP contribution in [0.2, 0.25) is 0 Å². The van der Waals surface area contributed by atoms with Gasteiger partial charge in [-0.25, -0.2) is 4.98 Å². The smallest absolute Gasteiger partial charge is 0.225 e. The number of nitrogens with zero attached hydrogens (tertiary/aromatic N) is 2. The summed E-state index contributed by atoms with van der Waals surface area (Å²) >= 11 is 1.71. The highest BCUT2D eigenvalue weighted by Gasteiger charge is 2.37. The van der Waals surface area contributed by atoms with Gasteiger partial charge in [-0.05, 0) is 45.4 Å². The van der Waals surface area contributed by atoms with Crippen molar-refractivity contribution in [2.75, 3.05) is 13.1 Å². The van der Waals surface area contributed by atoms with Crippen LogP contribution < -0.4 is 5.32 Å². The Hall–Kier alpha value is -1.43. The van der Waals surface area contributed by atoms with Crippen molar-refractivity contribution < 1.29 is 9.59 Å². The molecule has 2 amide bonds. The summed E-state index contributed by atoms with van der Waals surface area (Å²) in [6.45, 7) is 3.39. The second-order valence-corrected chi connectivity index (χ2v) is 8.40. The number of nitrogens with one attached hydrogen (secondary N) is 1. The zero-order valence-corrected chi connectivity index (χ0v) is 15.0. The third kappa shape index (κ3) is 3.48. The number of thiazole rings is 1. The van der Waals surface area contributed by atoms with Crippen LogP contribution in [0.1, 0.15) is 68.1 Å². The maximum absolute atomic E-state index is 12.6. The maximum atomic E-state index is 12.6. The number of piperidine rings is 1. The number of hydrogen-bond donors (Lipinski definition) is 1. The van der Waals surface area contributed by atoms with E-state index < -0.39 is 0 Å². The van der Waals surface area contributed by atoms with Crippen LogP contribution in [0.4, 0.5) is 0 Å². The summed E-state index contributed by atoms with van der Waals surface area (Å²) in [6.07, 6.45) is 6.35. The number of hydrogen-bond acceptors (Lipinski definition) is 4. The molecule has 5 nitrogen and oxygen atoms in total. The van der Waals surface area contributed by atoms with E-state index in [9.17, 15) is 9.59 Å². The summed E-state index contributed by atoms with van der Waals surface area (Å²) < 4.78 is 0. The Morgan fingerprint density at radius 3 is 2.75 bits per heavy atom. The number of carbonyl (C=O) groups excluding carboxylic acids is 2. The van der Waals surface area contributed by atoms with E-state index in [2.05, 4.69) is 15.7 Å². The van der Waals surface area contributed by atoms with Gasteiger partial charge in [0.05, 0.1) is 22.7 Å². The minimum absolute atomic E-state index is 0.0595. The highest BCUT2D eigenvalue weighted by molar-refractivity contribution is 7.09. The van der Waals surface area contributed by atoms with Gasteiger partial charge in [0.2, 0.25) is 11.8 Å². The molecular weight excluding hydrogens is 322 g/mol. The molecule has 1 aromatic heterocycles. The monoisotopic (exact) mass is 347 g/mol. The molecule has 0 unspecified atom stereocenters. The summed E-state index contributed by atoms with van der Waals surface area (Å²) in [5.41, 5.74) is 0.969. The summed E-state index contributed by atoms with van der Waals surface area (Å²) in [4.78, 5) is 31.4. The van der Waals surface area contributed by atoms with E-state index in [0.29, 0.717) is 12.5 Å². The summed E-state index contributed by atoms with van der Waals surface area (Å²) in [5.74, 6) is 1.14. The van der Waals surface area contributed by atoms with Gasteiger partial charge in [0.1, 0.15) is 0 Å². The molecule has 2 saturated carbocycles. The Kier molecular flexibility index (Phi) is 4.33. The van der Waals surface area contributed by atoms with Crippen molar-refractivity contribution in [2.45, 2.75) is 57.4 Å². The quantitative estimate of drug-likeness (QED) is 0.891. The van der Waals surface area contributed by atoms with Gasteiger partial charge in [0, 0.05) is 30.3 Å². The van der Waals surface area contributed by atoms with Crippen molar-refractivity contribution in [2.24, 2.45) is 11.8 Å². The summed E-state index contributed by atoms with van der Waals surface area (Å²) in [5, 5.41) is 6.39. The molecule has 1 N–H and O–H groups in total. The number of amides is 2. The van der Waals surface area contributed by atoms with Gasteiger partial charge in [-0.2, -0.15) is 0 Å². The first-order valence-electron chi connectivity index (χ1n) is 9.16. The Labute approximate surface area is 146 Å². The van der Waals surface area contributed by atoms with Gasteiger partial charge >= 0.3 is 0 Å². The molecule has 2 aliphatic carbocycles. The average molecular weight is 347 g/mol. The molecule has 2 atom stereocenters. The van der Waals surface area contributed by atoms with Crippen LogP contribution in [0.25, 0.3) is 0 Å². The van der Waals surface area contributed by atoms with E-state index in [1.807, 2.05) is 11.8 Å². The van der Waals surface area contributed by atoms with Crippen LogP contribution in [0, 0.1) is 11.8 Å². The van der Waals surface area contributed by atoms with E-state index >= 15 is 0 Å². The Morgan fingerprint density at radius 2 is 2.04 bits per heavy atom. The van der Waals surface area contributed by atoms with Gasteiger partial charge in [-0.3, -0.25) is 9.59 Å². The highest BCUT2D eigenvalue weighted by Crippen LogP contribution is 2.41. The number of aromatic nitrogens is 1. The first kappa shape index (κ1) is 16.1. The van der Waals surface area contributed by atoms with Crippen molar-refractivity contribution in [3.63, 3.8) is 0 Å². The molecule has 24 heavy (non-hydrogen) atoms. The van der Waals surface area contributed by atoms with Crippen LogP contribution in [0.15, 0.2) is 5.38 Å². The number of rotatable bonds is 5. The minimum atomic E-state index is -0.0783. The van der Waals surface area contributed by atoms with Gasteiger partial charge in [0.25, 0.3) is 0 Å². The van der Waals surface area contributed by atoms with Gasteiger partial charge in [0.15, 0.2) is 0 Å². The molecule has 0 spiro atoms. The average Bonchev–Trinajstić information content (AvgIpc) is 3.53. The van der Waals surface area contributed by atoms with E-state index in [-0.39, 0.29) is 29.7 Å². The molecule has 1 aliphatic heterocycles. The molecule has 2 heterocycles. The molecule has 1 saturated heterocycles. The van der Waals surface area contributed by atoms with Crippen LogP contribution in [-0.4, -0.2) is 34.8 Å². The Morgan fingerprint density at radius 1 is 1.25 bits per heavy atom. The van der Waals surface area contributed by atoms with Crippen LogP contribution in [0.5, 0.6) is 0 Å². The Bertz CT molecular complexity index is 636. The minimum Gasteiger partial charge on any atom is -0.348 e. The molecule has 4 rings (SSSR count). The van der Waals surface area contributed by atoms with E-state index in [0.717, 1.165) is 37.9 Å². The topological polar surface area (TPSA) is 62.3 Å². The standard InChI is InChI=1S/C18H25N3O2S/c1-11(15-10-24-17(20-15)12-4-5-12)19-16(22)14-3-2-8-21(9-14)18(23)13-6-7-13/h10-14H,2-9H2,1H3,(H,19,22)/t11-,14+/m0/s1. The first-order valence-corrected chi connectivity index (χ1v) is 10.0. The zero-order valence-electron chi connectivity index (χ0n) is 14.2. The van der Waals surface area contributed by atoms with Gasteiger partial charge < -0.3 is 10.2 Å². The van der Waals surface area contributed by atoms with Crippen molar-refractivity contribution in [1.29, 1.82) is 0 Å². The van der Waals surface area contributed by atoms with Crippen molar-refractivity contribution in [3.05, 3.63) is 16.1 Å². The second-order valence-electron chi connectivity index (χ2n) is 7.51. The Balaban J connectivity index is 1.33. The fourth-order valence-electron chi connectivity index (χ4n) is 3.40. The number of carbonyl (C=O) groups is 2. The maximum Gasteiger partial charge on any atom is 0.225 e. The lowest BCUT2D eigenvalue weighted by atomic mass is 9.96. The van der Waals surface area contributed by atoms with Crippen molar-refractivity contribution in [1.82, 2.24) is 15.2 Å². The lowest BCUT2D eigenvalue weighted by Crippen LogP contribution is -2.46. The zero-order chi connectivity index (χ0) is 16.7. The summed E-state index contributed by atoms with van der Waals surface area (Å²) in [6, 6.07) is -0.0595. The second kappa shape index (κ2) is 6.47. The predicted octanol–water partition coefficient (Wildman–Crippen LogP) is 2.85. The lowest BCUT2D eigenvalue weighted by molar-refractivity contribution is -0.137. The third-order valence-corrected chi connectivity index (χ3v) is 6.32. The largest absolute Gasteiger partial charge is 0.348 e. The SMILES string of the molecule is C[C@H](NC(=O)[C@@H]1CCCN(C(=O)C2CC2)C1)c1csc(C2CC2)n1. The molecule has 0 radical (unpaired) electrons. The molecule has 3 fully saturated rings. The molecule has 6 heteroatoms.